The summed E-state index contributed by atoms with van der Waals surface area (Å²) in [5.74, 6) is -0.697. The number of hydrogen-bond acceptors (Lipinski definition) is 5. The van der Waals surface area contributed by atoms with Crippen molar-refractivity contribution < 1.29 is 14.4 Å². The van der Waals surface area contributed by atoms with Gasteiger partial charge >= 0.3 is 0 Å². The van der Waals surface area contributed by atoms with Crippen LogP contribution in [-0.2, 0) is 14.4 Å². The van der Waals surface area contributed by atoms with Crippen LogP contribution in [0.3, 0.4) is 0 Å². The van der Waals surface area contributed by atoms with Crippen LogP contribution in [0.2, 0.25) is 0 Å². The summed E-state index contributed by atoms with van der Waals surface area (Å²) in [4.78, 5) is 33.3. The Morgan fingerprint density at radius 2 is 1.94 bits per heavy atom. The Hall–Kier alpha value is -1.47. The Bertz CT molecular complexity index is 294. The zero-order chi connectivity index (χ0) is 14.1. The Balaban J connectivity index is 4.46. The molecule has 0 aliphatic heterocycles. The van der Waals surface area contributed by atoms with Crippen LogP contribution in [0.4, 0.5) is 0 Å². The minimum atomic E-state index is -0.885. The zero-order valence-electron chi connectivity index (χ0n) is 10.8. The highest BCUT2D eigenvalue weighted by Crippen LogP contribution is 2.05. The molecule has 0 heterocycles. The van der Waals surface area contributed by atoms with Crippen molar-refractivity contribution in [3.05, 3.63) is 0 Å². The van der Waals surface area contributed by atoms with Crippen LogP contribution in [-0.4, -0.2) is 36.9 Å². The molecule has 2 atom stereocenters. The molecular formula is C11H22N4O3. The molecule has 0 rings (SSSR count). The van der Waals surface area contributed by atoms with Gasteiger partial charge in [0, 0.05) is 6.67 Å². The average Bonchev–Trinajstić information content (AvgIpc) is 2.26. The van der Waals surface area contributed by atoms with E-state index < -0.39 is 18.0 Å². The molecular weight excluding hydrogens is 236 g/mol. The predicted molar refractivity (Wildman–Crippen MR) is 67.2 cm³/mol. The second kappa shape index (κ2) is 8.60. The average molecular weight is 258 g/mol. The first kappa shape index (κ1) is 16.5. The number of amides is 2. The van der Waals surface area contributed by atoms with E-state index in [4.69, 9.17) is 11.5 Å². The van der Waals surface area contributed by atoms with E-state index in [0.717, 1.165) is 0 Å². The van der Waals surface area contributed by atoms with Crippen molar-refractivity contribution in [2.45, 2.75) is 38.8 Å². The molecule has 0 saturated carbocycles. The van der Waals surface area contributed by atoms with Gasteiger partial charge in [-0.25, -0.2) is 0 Å². The first-order valence-corrected chi connectivity index (χ1v) is 5.88. The summed E-state index contributed by atoms with van der Waals surface area (Å²) in [5.41, 5.74) is 10.3. The molecule has 0 radical (unpaired) electrons. The van der Waals surface area contributed by atoms with E-state index in [1.165, 1.54) is 0 Å². The maximum Gasteiger partial charge on any atom is 0.237 e. The van der Waals surface area contributed by atoms with E-state index in [1.807, 2.05) is 13.8 Å². The molecule has 0 fully saturated rings. The van der Waals surface area contributed by atoms with Crippen LogP contribution < -0.4 is 22.1 Å². The highest BCUT2D eigenvalue weighted by molar-refractivity contribution is 5.86. The summed E-state index contributed by atoms with van der Waals surface area (Å²) in [6.45, 7) is 4.10. The molecule has 0 aliphatic carbocycles. The summed E-state index contributed by atoms with van der Waals surface area (Å²) >= 11 is 0. The molecule has 7 heteroatoms. The van der Waals surface area contributed by atoms with Crippen LogP contribution in [0.25, 0.3) is 0 Å². The van der Waals surface area contributed by atoms with Gasteiger partial charge in [-0.05, 0) is 12.3 Å². The molecule has 0 saturated heterocycles. The smallest absolute Gasteiger partial charge is 0.237 e. The number of hydrogen-bond donors (Lipinski definition) is 4. The molecule has 6 N–H and O–H groups in total. The fraction of sp³-hybridized carbons (Fsp3) is 0.727. The number of primary amides is 1. The van der Waals surface area contributed by atoms with Gasteiger partial charge < -0.3 is 21.6 Å². The maximum atomic E-state index is 11.9. The van der Waals surface area contributed by atoms with Crippen molar-refractivity contribution in [2.24, 2.45) is 17.4 Å². The standard InChI is InChI=1S/C11H22N4O3/c1-7(2)3-9(14-6-12)11(18)15-8(5-16)4-10(13)17/h5,7-9,14H,3-4,6,12H2,1-2H3,(H2,13,17)(H,15,18)/t8-,9-/m0/s1. The van der Waals surface area contributed by atoms with Crippen molar-refractivity contribution >= 4 is 18.1 Å². The van der Waals surface area contributed by atoms with Crippen molar-refractivity contribution in [3.63, 3.8) is 0 Å². The molecule has 18 heavy (non-hydrogen) atoms. The molecule has 2 amide bonds. The summed E-state index contributed by atoms with van der Waals surface area (Å²) < 4.78 is 0. The third-order valence-electron chi connectivity index (χ3n) is 2.30. The monoisotopic (exact) mass is 258 g/mol. The van der Waals surface area contributed by atoms with E-state index in [2.05, 4.69) is 10.6 Å². The summed E-state index contributed by atoms with van der Waals surface area (Å²) in [7, 11) is 0. The Kier molecular flexibility index (Phi) is 7.89. The Morgan fingerprint density at radius 1 is 1.33 bits per heavy atom. The van der Waals surface area contributed by atoms with Crippen molar-refractivity contribution in [2.75, 3.05) is 6.67 Å². The molecule has 0 bridgehead atoms. The Labute approximate surface area is 107 Å². The van der Waals surface area contributed by atoms with Gasteiger partial charge in [-0.1, -0.05) is 13.8 Å². The highest BCUT2D eigenvalue weighted by Gasteiger charge is 2.22. The van der Waals surface area contributed by atoms with Gasteiger partial charge in [0.05, 0.1) is 18.5 Å². The lowest BCUT2D eigenvalue weighted by atomic mass is 10.0. The van der Waals surface area contributed by atoms with Crippen LogP contribution in [0, 0.1) is 5.92 Å². The number of carbonyl (C=O) groups excluding carboxylic acids is 3. The van der Waals surface area contributed by atoms with Gasteiger partial charge in [0.25, 0.3) is 0 Å². The van der Waals surface area contributed by atoms with Crippen molar-refractivity contribution in [3.8, 4) is 0 Å². The van der Waals surface area contributed by atoms with Gasteiger partial charge in [-0.2, -0.15) is 0 Å². The van der Waals surface area contributed by atoms with Gasteiger partial charge in [0.15, 0.2) is 0 Å². The van der Waals surface area contributed by atoms with Crippen LogP contribution in [0.1, 0.15) is 26.7 Å². The van der Waals surface area contributed by atoms with E-state index in [1.54, 1.807) is 0 Å². The number of nitrogens with two attached hydrogens (primary N) is 2. The first-order valence-electron chi connectivity index (χ1n) is 5.88. The van der Waals surface area contributed by atoms with Crippen molar-refractivity contribution in [1.29, 1.82) is 0 Å². The van der Waals surface area contributed by atoms with Gasteiger partial charge in [-0.15, -0.1) is 0 Å². The topological polar surface area (TPSA) is 127 Å². The highest BCUT2D eigenvalue weighted by atomic mass is 16.2. The Morgan fingerprint density at radius 3 is 2.33 bits per heavy atom. The number of aldehydes is 1. The zero-order valence-corrected chi connectivity index (χ0v) is 10.8. The lowest BCUT2D eigenvalue weighted by molar-refractivity contribution is -0.127. The van der Waals surface area contributed by atoms with Gasteiger partial charge in [0.2, 0.25) is 11.8 Å². The van der Waals surface area contributed by atoms with E-state index in [0.29, 0.717) is 18.6 Å². The molecule has 0 spiro atoms. The second-order valence-corrected chi connectivity index (χ2v) is 4.51. The lowest BCUT2D eigenvalue weighted by Gasteiger charge is -2.21. The first-order chi connectivity index (χ1) is 8.40. The fourth-order valence-electron chi connectivity index (χ4n) is 1.53. The van der Waals surface area contributed by atoms with Crippen LogP contribution in [0.5, 0.6) is 0 Å². The maximum absolute atomic E-state index is 11.9. The number of rotatable bonds is 9. The van der Waals surface area contributed by atoms with Crippen LogP contribution >= 0.6 is 0 Å². The molecule has 0 aromatic rings. The summed E-state index contributed by atoms with van der Waals surface area (Å²) in [6.07, 6.45) is 0.884. The minimum absolute atomic E-state index is 0.159. The fourth-order valence-corrected chi connectivity index (χ4v) is 1.53. The number of carbonyl (C=O) groups is 3. The minimum Gasteiger partial charge on any atom is -0.370 e. The molecule has 0 aliphatic rings. The van der Waals surface area contributed by atoms with Gasteiger partial charge in [-0.3, -0.25) is 14.9 Å². The van der Waals surface area contributed by atoms with E-state index in [9.17, 15) is 14.4 Å². The third kappa shape index (κ3) is 6.97. The van der Waals surface area contributed by atoms with Crippen molar-refractivity contribution in [1.82, 2.24) is 10.6 Å². The van der Waals surface area contributed by atoms with Crippen LogP contribution in [0.15, 0.2) is 0 Å². The SMILES string of the molecule is CC(C)C[C@H](NCN)C(=O)N[C@H](C=O)CC(N)=O. The number of nitrogens with one attached hydrogen (secondary N) is 2. The molecule has 0 aromatic carbocycles. The largest absolute Gasteiger partial charge is 0.370 e. The quantitative estimate of drug-likeness (QED) is 0.294. The lowest BCUT2D eigenvalue weighted by Crippen LogP contribution is -2.50. The third-order valence-corrected chi connectivity index (χ3v) is 2.30. The molecule has 7 nitrogen and oxygen atoms in total. The van der Waals surface area contributed by atoms with E-state index in [-0.39, 0.29) is 19.0 Å². The molecule has 104 valence electrons. The second-order valence-electron chi connectivity index (χ2n) is 4.51. The summed E-state index contributed by atoms with van der Waals surface area (Å²) in [6, 6.07) is -1.37. The molecule has 0 aromatic heterocycles. The molecule has 0 unspecified atom stereocenters. The predicted octanol–water partition coefficient (Wildman–Crippen LogP) is -1.53. The summed E-state index contributed by atoms with van der Waals surface area (Å²) in [5, 5.41) is 5.29. The van der Waals surface area contributed by atoms with Gasteiger partial charge in [0.1, 0.15) is 6.29 Å². The normalized spacial score (nSPS) is 14.0. The van der Waals surface area contributed by atoms with E-state index >= 15 is 0 Å².